The molecule has 3 rings (SSSR count). The summed E-state index contributed by atoms with van der Waals surface area (Å²) >= 11 is 1.62. The van der Waals surface area contributed by atoms with Crippen LogP contribution in [0.2, 0.25) is 0 Å². The molecule has 19 heavy (non-hydrogen) atoms. The van der Waals surface area contributed by atoms with Gasteiger partial charge in [0, 0.05) is 18.0 Å². The summed E-state index contributed by atoms with van der Waals surface area (Å²) < 4.78 is 5.96. The van der Waals surface area contributed by atoms with Crippen LogP contribution in [-0.2, 0) is 0 Å². The molecule has 1 aromatic carbocycles. The maximum absolute atomic E-state index is 5.96. The largest absolute Gasteiger partial charge is 0.490 e. The van der Waals surface area contributed by atoms with Crippen molar-refractivity contribution in [3.05, 3.63) is 29.6 Å². The maximum Gasteiger partial charge on any atom is 0.182 e. The SMILES string of the molecule is CNc1nc(-c2ccc(OC3CCCC3)cc2)cs1. The average molecular weight is 274 g/mol. The number of hydrogen-bond donors (Lipinski definition) is 1. The van der Waals surface area contributed by atoms with E-state index in [0.717, 1.165) is 22.1 Å². The number of nitrogens with zero attached hydrogens (tertiary/aromatic N) is 1. The molecule has 0 radical (unpaired) electrons. The molecular weight excluding hydrogens is 256 g/mol. The number of ether oxygens (including phenoxy) is 1. The van der Waals surface area contributed by atoms with Crippen molar-refractivity contribution in [1.82, 2.24) is 4.98 Å². The van der Waals surface area contributed by atoms with Crippen LogP contribution in [0.5, 0.6) is 5.75 Å². The first-order valence-electron chi connectivity index (χ1n) is 6.75. The highest BCUT2D eigenvalue weighted by atomic mass is 32.1. The highest BCUT2D eigenvalue weighted by molar-refractivity contribution is 7.14. The van der Waals surface area contributed by atoms with Gasteiger partial charge in [0.05, 0.1) is 11.8 Å². The quantitative estimate of drug-likeness (QED) is 0.908. The van der Waals surface area contributed by atoms with E-state index in [1.165, 1.54) is 25.7 Å². The van der Waals surface area contributed by atoms with Gasteiger partial charge < -0.3 is 10.1 Å². The molecule has 1 heterocycles. The molecular formula is C15H18N2OS. The molecule has 1 fully saturated rings. The zero-order valence-electron chi connectivity index (χ0n) is 11.1. The standard InChI is InChI=1S/C15H18N2OS/c1-16-15-17-14(10-19-15)11-6-8-13(9-7-11)18-12-4-2-3-5-12/h6-10,12H,2-5H2,1H3,(H,16,17). The van der Waals surface area contributed by atoms with Crippen molar-refractivity contribution < 1.29 is 4.74 Å². The van der Waals surface area contributed by atoms with E-state index in [-0.39, 0.29) is 0 Å². The summed E-state index contributed by atoms with van der Waals surface area (Å²) in [6, 6.07) is 8.26. The molecule has 1 aliphatic carbocycles. The van der Waals surface area contributed by atoms with Crippen LogP contribution in [0.4, 0.5) is 5.13 Å². The summed E-state index contributed by atoms with van der Waals surface area (Å²) in [4.78, 5) is 4.50. The van der Waals surface area contributed by atoms with Crippen molar-refractivity contribution in [1.29, 1.82) is 0 Å². The number of aromatic nitrogens is 1. The molecule has 1 aromatic heterocycles. The zero-order chi connectivity index (χ0) is 13.1. The second-order valence-electron chi connectivity index (χ2n) is 4.84. The molecule has 4 heteroatoms. The van der Waals surface area contributed by atoms with Crippen LogP contribution in [0, 0.1) is 0 Å². The fourth-order valence-corrected chi connectivity index (χ4v) is 3.11. The Labute approximate surface area is 117 Å². The van der Waals surface area contributed by atoms with E-state index in [1.54, 1.807) is 11.3 Å². The second-order valence-corrected chi connectivity index (χ2v) is 5.69. The molecule has 0 spiro atoms. The fraction of sp³-hybridized carbons (Fsp3) is 0.400. The van der Waals surface area contributed by atoms with Crippen molar-refractivity contribution in [3.8, 4) is 17.0 Å². The Hall–Kier alpha value is -1.55. The van der Waals surface area contributed by atoms with Crippen LogP contribution in [-0.4, -0.2) is 18.1 Å². The predicted molar refractivity (Wildman–Crippen MR) is 80.0 cm³/mol. The summed E-state index contributed by atoms with van der Waals surface area (Å²) in [7, 11) is 1.89. The number of thiazole rings is 1. The first-order chi connectivity index (χ1) is 9.35. The summed E-state index contributed by atoms with van der Waals surface area (Å²) in [6.45, 7) is 0. The van der Waals surface area contributed by atoms with Crippen LogP contribution in [0.1, 0.15) is 25.7 Å². The lowest BCUT2D eigenvalue weighted by molar-refractivity contribution is 0.210. The lowest BCUT2D eigenvalue weighted by atomic mass is 10.2. The van der Waals surface area contributed by atoms with Crippen molar-refractivity contribution in [2.24, 2.45) is 0 Å². The van der Waals surface area contributed by atoms with Gasteiger partial charge in [-0.25, -0.2) is 4.98 Å². The van der Waals surface area contributed by atoms with E-state index < -0.39 is 0 Å². The molecule has 100 valence electrons. The minimum atomic E-state index is 0.418. The van der Waals surface area contributed by atoms with E-state index in [9.17, 15) is 0 Å². The summed E-state index contributed by atoms with van der Waals surface area (Å²) in [5, 5.41) is 6.07. The minimum absolute atomic E-state index is 0.418. The van der Waals surface area contributed by atoms with Gasteiger partial charge in [-0.1, -0.05) is 0 Å². The molecule has 0 unspecified atom stereocenters. The zero-order valence-corrected chi connectivity index (χ0v) is 11.9. The Bertz CT molecular complexity index is 529. The van der Waals surface area contributed by atoms with Crippen LogP contribution < -0.4 is 10.1 Å². The Morgan fingerprint density at radius 1 is 1.21 bits per heavy atom. The Morgan fingerprint density at radius 3 is 2.58 bits per heavy atom. The second kappa shape index (κ2) is 5.61. The molecule has 0 amide bonds. The van der Waals surface area contributed by atoms with Gasteiger partial charge >= 0.3 is 0 Å². The van der Waals surface area contributed by atoms with Crippen molar-refractivity contribution >= 4 is 16.5 Å². The van der Waals surface area contributed by atoms with Crippen LogP contribution in [0.3, 0.4) is 0 Å². The topological polar surface area (TPSA) is 34.2 Å². The number of rotatable bonds is 4. The van der Waals surface area contributed by atoms with Gasteiger partial charge in [-0.05, 0) is 49.9 Å². The van der Waals surface area contributed by atoms with Crippen molar-refractivity contribution in [3.63, 3.8) is 0 Å². The van der Waals surface area contributed by atoms with Gasteiger partial charge in [0.2, 0.25) is 0 Å². The molecule has 0 saturated heterocycles. The van der Waals surface area contributed by atoms with Gasteiger partial charge in [-0.3, -0.25) is 0 Å². The summed E-state index contributed by atoms with van der Waals surface area (Å²) in [5.74, 6) is 0.972. The summed E-state index contributed by atoms with van der Waals surface area (Å²) in [6.07, 6.45) is 5.41. The minimum Gasteiger partial charge on any atom is -0.490 e. The van der Waals surface area contributed by atoms with E-state index >= 15 is 0 Å². The first kappa shape index (κ1) is 12.5. The molecule has 0 bridgehead atoms. The highest BCUT2D eigenvalue weighted by Crippen LogP contribution is 2.28. The van der Waals surface area contributed by atoms with Gasteiger partial charge in [0.1, 0.15) is 5.75 Å². The highest BCUT2D eigenvalue weighted by Gasteiger charge is 2.16. The average Bonchev–Trinajstić information content (AvgIpc) is 3.10. The summed E-state index contributed by atoms with van der Waals surface area (Å²) in [5.41, 5.74) is 2.15. The van der Waals surface area contributed by atoms with E-state index in [0.29, 0.717) is 6.10 Å². The maximum atomic E-state index is 5.96. The number of anilines is 1. The van der Waals surface area contributed by atoms with Crippen LogP contribution >= 0.6 is 11.3 Å². The molecule has 1 saturated carbocycles. The van der Waals surface area contributed by atoms with Gasteiger partial charge in [0.15, 0.2) is 5.13 Å². The van der Waals surface area contributed by atoms with Crippen molar-refractivity contribution in [2.75, 3.05) is 12.4 Å². The molecule has 0 aliphatic heterocycles. The van der Waals surface area contributed by atoms with E-state index in [2.05, 4.69) is 27.8 Å². The van der Waals surface area contributed by atoms with Gasteiger partial charge in [-0.15, -0.1) is 11.3 Å². The fourth-order valence-electron chi connectivity index (χ4n) is 2.42. The van der Waals surface area contributed by atoms with E-state index in [4.69, 9.17) is 4.74 Å². The Balaban J connectivity index is 1.70. The van der Waals surface area contributed by atoms with Gasteiger partial charge in [0.25, 0.3) is 0 Å². The molecule has 3 nitrogen and oxygen atoms in total. The monoisotopic (exact) mass is 274 g/mol. The molecule has 0 atom stereocenters. The normalized spacial score (nSPS) is 15.6. The third-order valence-electron chi connectivity index (χ3n) is 3.47. The Kier molecular flexibility index (Phi) is 3.69. The molecule has 1 N–H and O–H groups in total. The Morgan fingerprint density at radius 2 is 1.95 bits per heavy atom. The van der Waals surface area contributed by atoms with Crippen molar-refractivity contribution in [2.45, 2.75) is 31.8 Å². The first-order valence-corrected chi connectivity index (χ1v) is 7.63. The van der Waals surface area contributed by atoms with E-state index in [1.807, 2.05) is 19.2 Å². The number of hydrogen-bond acceptors (Lipinski definition) is 4. The third kappa shape index (κ3) is 2.89. The van der Waals surface area contributed by atoms with Crippen LogP contribution in [0.15, 0.2) is 29.6 Å². The molecule has 2 aromatic rings. The smallest absolute Gasteiger partial charge is 0.182 e. The van der Waals surface area contributed by atoms with Crippen LogP contribution in [0.25, 0.3) is 11.3 Å². The number of nitrogens with one attached hydrogen (secondary N) is 1. The third-order valence-corrected chi connectivity index (χ3v) is 4.33. The van der Waals surface area contributed by atoms with Gasteiger partial charge in [-0.2, -0.15) is 0 Å². The number of benzene rings is 1. The molecule has 1 aliphatic rings. The predicted octanol–water partition coefficient (Wildman–Crippen LogP) is 4.17. The lowest BCUT2D eigenvalue weighted by Crippen LogP contribution is -2.10. The lowest BCUT2D eigenvalue weighted by Gasteiger charge is -2.12.